The highest BCUT2D eigenvalue weighted by atomic mass is 16.2. The number of aromatic nitrogens is 5. The van der Waals surface area contributed by atoms with E-state index in [9.17, 15) is 9.59 Å². The van der Waals surface area contributed by atoms with Crippen molar-refractivity contribution in [2.24, 2.45) is 0 Å². The molecule has 0 saturated heterocycles. The monoisotopic (exact) mass is 378 g/mol. The van der Waals surface area contributed by atoms with Crippen LogP contribution >= 0.6 is 0 Å². The van der Waals surface area contributed by atoms with E-state index in [1.807, 2.05) is 25.1 Å². The Morgan fingerprint density at radius 2 is 2.00 bits per heavy atom. The quantitative estimate of drug-likeness (QED) is 0.745. The van der Waals surface area contributed by atoms with E-state index >= 15 is 0 Å². The van der Waals surface area contributed by atoms with Gasteiger partial charge in [-0.25, -0.2) is 4.98 Å². The minimum atomic E-state index is -0.416. The van der Waals surface area contributed by atoms with Crippen molar-refractivity contribution in [1.82, 2.24) is 29.6 Å². The molecule has 1 aliphatic rings. The molecule has 1 aromatic carbocycles. The van der Waals surface area contributed by atoms with Crippen LogP contribution in [-0.2, 0) is 19.4 Å². The van der Waals surface area contributed by atoms with E-state index in [0.717, 1.165) is 24.5 Å². The van der Waals surface area contributed by atoms with E-state index in [1.54, 1.807) is 11.8 Å². The zero-order chi connectivity index (χ0) is 19.7. The molecule has 0 spiro atoms. The van der Waals surface area contributed by atoms with Crippen LogP contribution in [0.4, 0.5) is 0 Å². The first kappa shape index (κ1) is 18.1. The lowest BCUT2D eigenvalue weighted by Crippen LogP contribution is -2.42. The summed E-state index contributed by atoms with van der Waals surface area (Å²) in [5.74, 6) is 1.82. The fraction of sp³-hybridized carbons (Fsp3) is 0.350. The summed E-state index contributed by atoms with van der Waals surface area (Å²) in [7, 11) is 0. The van der Waals surface area contributed by atoms with E-state index in [-0.39, 0.29) is 17.5 Å². The maximum atomic E-state index is 12.8. The second-order valence-corrected chi connectivity index (χ2v) is 7.13. The number of nitrogens with one attached hydrogen (secondary N) is 1. The molecule has 8 heteroatoms. The van der Waals surface area contributed by atoms with Crippen LogP contribution < -0.4 is 5.56 Å². The molecule has 0 unspecified atom stereocenters. The highest BCUT2D eigenvalue weighted by Gasteiger charge is 2.30. The predicted octanol–water partition coefficient (Wildman–Crippen LogP) is 1.67. The lowest BCUT2D eigenvalue weighted by molar-refractivity contribution is 0.0677. The zero-order valence-corrected chi connectivity index (χ0v) is 15.9. The Morgan fingerprint density at radius 3 is 2.75 bits per heavy atom. The molecule has 8 nitrogen and oxygen atoms in total. The predicted molar refractivity (Wildman–Crippen MR) is 103 cm³/mol. The molecule has 144 valence electrons. The van der Waals surface area contributed by atoms with Crippen LogP contribution in [0.5, 0.6) is 0 Å². The summed E-state index contributed by atoms with van der Waals surface area (Å²) < 4.78 is 2.12. The third-order valence-electron chi connectivity index (χ3n) is 5.02. The second-order valence-electron chi connectivity index (χ2n) is 7.13. The van der Waals surface area contributed by atoms with Crippen LogP contribution in [0.25, 0.3) is 0 Å². The van der Waals surface area contributed by atoms with Crippen LogP contribution in [0.1, 0.15) is 46.4 Å². The number of aromatic amines is 1. The molecule has 1 N–H and O–H groups in total. The Balaban J connectivity index is 1.52. The van der Waals surface area contributed by atoms with Crippen molar-refractivity contribution in [2.45, 2.75) is 39.3 Å². The van der Waals surface area contributed by atoms with Gasteiger partial charge in [0.2, 0.25) is 0 Å². The normalized spacial score (nSPS) is 16.1. The number of hydrogen-bond acceptors (Lipinski definition) is 5. The molecule has 0 radical (unpaired) electrons. The lowest BCUT2D eigenvalue weighted by atomic mass is 10.1. The van der Waals surface area contributed by atoms with Crippen molar-refractivity contribution < 1.29 is 4.79 Å². The minimum absolute atomic E-state index is 0.0333. The number of amides is 1. The molecule has 0 saturated carbocycles. The van der Waals surface area contributed by atoms with Crippen LogP contribution in [-0.4, -0.2) is 42.1 Å². The number of carbonyl (C=O) groups is 1. The van der Waals surface area contributed by atoms with Gasteiger partial charge < -0.3 is 14.5 Å². The first-order valence-corrected chi connectivity index (χ1v) is 9.34. The summed E-state index contributed by atoms with van der Waals surface area (Å²) in [6, 6.07) is 10.3. The summed E-state index contributed by atoms with van der Waals surface area (Å²) in [5, 5.41) is 8.65. The number of aryl methyl sites for hydroxylation is 3. The Labute approximate surface area is 162 Å². The van der Waals surface area contributed by atoms with Gasteiger partial charge in [0.15, 0.2) is 5.82 Å². The molecule has 28 heavy (non-hydrogen) atoms. The maximum Gasteiger partial charge on any atom is 0.263 e. The molecule has 0 aliphatic carbocycles. The fourth-order valence-corrected chi connectivity index (χ4v) is 3.65. The minimum Gasteiger partial charge on any atom is -0.329 e. The van der Waals surface area contributed by atoms with Gasteiger partial charge in [0.25, 0.3) is 11.5 Å². The highest BCUT2D eigenvalue weighted by Crippen LogP contribution is 2.23. The summed E-state index contributed by atoms with van der Waals surface area (Å²) in [4.78, 5) is 33.2. The SMILES string of the molecule is Cc1ncc(C(=O)N2Cc3nnc(CCc4ccccc4)n3[C@@H](C)C2)c(=O)[nH]1. The molecular formula is C20H22N6O2. The third kappa shape index (κ3) is 3.45. The number of rotatable bonds is 4. The first-order valence-electron chi connectivity index (χ1n) is 9.34. The van der Waals surface area contributed by atoms with E-state index in [0.29, 0.717) is 18.9 Å². The van der Waals surface area contributed by atoms with Gasteiger partial charge in [-0.2, -0.15) is 0 Å². The third-order valence-corrected chi connectivity index (χ3v) is 5.02. The number of hydrogen-bond donors (Lipinski definition) is 1. The molecule has 2 aromatic heterocycles. The topological polar surface area (TPSA) is 96.8 Å². The van der Waals surface area contributed by atoms with Gasteiger partial charge in [-0.05, 0) is 25.8 Å². The van der Waals surface area contributed by atoms with Crippen molar-refractivity contribution in [3.63, 3.8) is 0 Å². The maximum absolute atomic E-state index is 12.8. The fourth-order valence-electron chi connectivity index (χ4n) is 3.65. The Bertz CT molecular complexity index is 1060. The second kappa shape index (κ2) is 7.38. The molecular weight excluding hydrogens is 356 g/mol. The number of carbonyl (C=O) groups excluding carboxylic acids is 1. The summed E-state index contributed by atoms with van der Waals surface area (Å²) in [6.45, 7) is 4.54. The molecule has 0 fully saturated rings. The number of benzene rings is 1. The van der Waals surface area contributed by atoms with Crippen LogP contribution in [0.2, 0.25) is 0 Å². The number of H-pyrrole nitrogens is 1. The van der Waals surface area contributed by atoms with Crippen molar-refractivity contribution in [3.8, 4) is 0 Å². The molecule has 0 bridgehead atoms. The van der Waals surface area contributed by atoms with Crippen LogP contribution in [0.3, 0.4) is 0 Å². The lowest BCUT2D eigenvalue weighted by Gasteiger charge is -2.32. The van der Waals surface area contributed by atoms with Crippen molar-refractivity contribution >= 4 is 5.91 Å². The average molecular weight is 378 g/mol. The van der Waals surface area contributed by atoms with Gasteiger partial charge in [0.05, 0.1) is 12.6 Å². The highest BCUT2D eigenvalue weighted by molar-refractivity contribution is 5.93. The van der Waals surface area contributed by atoms with Crippen LogP contribution in [0, 0.1) is 6.92 Å². The van der Waals surface area contributed by atoms with Gasteiger partial charge >= 0.3 is 0 Å². The van der Waals surface area contributed by atoms with Gasteiger partial charge in [-0.15, -0.1) is 10.2 Å². The summed E-state index contributed by atoms with van der Waals surface area (Å²) in [5.41, 5.74) is 0.891. The molecule has 1 amide bonds. The number of nitrogens with zero attached hydrogens (tertiary/aromatic N) is 5. The average Bonchev–Trinajstić information content (AvgIpc) is 3.10. The van der Waals surface area contributed by atoms with Crippen molar-refractivity contribution in [1.29, 1.82) is 0 Å². The van der Waals surface area contributed by atoms with E-state index in [4.69, 9.17) is 0 Å². The van der Waals surface area contributed by atoms with E-state index < -0.39 is 5.56 Å². The number of fused-ring (bicyclic) bond motifs is 1. The molecule has 4 rings (SSSR count). The molecule has 1 atom stereocenters. The Hall–Kier alpha value is -3.29. The van der Waals surface area contributed by atoms with E-state index in [2.05, 4.69) is 36.9 Å². The zero-order valence-electron chi connectivity index (χ0n) is 15.9. The van der Waals surface area contributed by atoms with Gasteiger partial charge in [-0.3, -0.25) is 9.59 Å². The van der Waals surface area contributed by atoms with Gasteiger partial charge in [0.1, 0.15) is 17.2 Å². The smallest absolute Gasteiger partial charge is 0.263 e. The standard InChI is InChI=1S/C20H22N6O2/c1-13-11-25(20(28)16-10-21-14(2)22-19(16)27)12-18-24-23-17(26(13)18)9-8-15-6-4-3-5-7-15/h3-7,10,13H,8-9,11-12H2,1-2H3,(H,21,22,27)/t13-/m0/s1. The largest absolute Gasteiger partial charge is 0.329 e. The summed E-state index contributed by atoms with van der Waals surface area (Å²) >= 11 is 0. The van der Waals surface area contributed by atoms with E-state index in [1.165, 1.54) is 11.8 Å². The molecule has 1 aliphatic heterocycles. The van der Waals surface area contributed by atoms with Gasteiger partial charge in [0, 0.05) is 19.2 Å². The molecule has 3 aromatic rings. The first-order chi connectivity index (χ1) is 13.5. The Kier molecular flexibility index (Phi) is 4.77. The Morgan fingerprint density at radius 1 is 1.21 bits per heavy atom. The molecule has 3 heterocycles. The van der Waals surface area contributed by atoms with Crippen molar-refractivity contribution in [2.75, 3.05) is 6.54 Å². The summed E-state index contributed by atoms with van der Waals surface area (Å²) in [6.07, 6.45) is 3.02. The van der Waals surface area contributed by atoms with Gasteiger partial charge in [-0.1, -0.05) is 30.3 Å². The van der Waals surface area contributed by atoms with Crippen molar-refractivity contribution in [3.05, 3.63) is 75.5 Å². The van der Waals surface area contributed by atoms with Crippen LogP contribution in [0.15, 0.2) is 41.3 Å².